The van der Waals surface area contributed by atoms with Gasteiger partial charge >= 0.3 is 0 Å². The predicted molar refractivity (Wildman–Crippen MR) is 68.9 cm³/mol. The SMILES string of the molecule is CNc1ccc(CSC2CCOCC2)cn1. The van der Waals surface area contributed by atoms with Gasteiger partial charge in [0.25, 0.3) is 0 Å². The predicted octanol–water partition coefficient (Wildman–Crippen LogP) is 2.54. The van der Waals surface area contributed by atoms with E-state index in [4.69, 9.17) is 4.74 Å². The third-order valence-corrected chi connectivity index (χ3v) is 4.18. The molecule has 16 heavy (non-hydrogen) atoms. The van der Waals surface area contributed by atoms with Crippen molar-refractivity contribution in [3.63, 3.8) is 0 Å². The lowest BCUT2D eigenvalue weighted by Gasteiger charge is -2.21. The minimum Gasteiger partial charge on any atom is -0.381 e. The molecule has 1 saturated heterocycles. The zero-order valence-electron chi connectivity index (χ0n) is 9.61. The van der Waals surface area contributed by atoms with E-state index in [-0.39, 0.29) is 0 Å². The topological polar surface area (TPSA) is 34.1 Å². The maximum Gasteiger partial charge on any atom is 0.125 e. The van der Waals surface area contributed by atoms with Gasteiger partial charge in [0.1, 0.15) is 5.82 Å². The quantitative estimate of drug-likeness (QED) is 0.874. The van der Waals surface area contributed by atoms with Gasteiger partial charge in [0.15, 0.2) is 0 Å². The minimum absolute atomic E-state index is 0.762. The Labute approximate surface area is 101 Å². The van der Waals surface area contributed by atoms with Crippen molar-refractivity contribution in [1.29, 1.82) is 0 Å². The molecule has 1 aliphatic heterocycles. The van der Waals surface area contributed by atoms with Gasteiger partial charge in [-0.15, -0.1) is 0 Å². The summed E-state index contributed by atoms with van der Waals surface area (Å²) in [5.74, 6) is 1.99. The van der Waals surface area contributed by atoms with Crippen LogP contribution < -0.4 is 5.32 Å². The van der Waals surface area contributed by atoms with Crippen LogP contribution in [-0.2, 0) is 10.5 Å². The first-order chi connectivity index (χ1) is 7.88. The molecule has 88 valence electrons. The Bertz CT molecular complexity index is 309. The normalized spacial score (nSPS) is 17.3. The molecule has 1 aliphatic rings. The smallest absolute Gasteiger partial charge is 0.125 e. The second kappa shape index (κ2) is 6.11. The van der Waals surface area contributed by atoms with Gasteiger partial charge in [0.2, 0.25) is 0 Å². The van der Waals surface area contributed by atoms with E-state index in [1.165, 1.54) is 18.4 Å². The van der Waals surface area contributed by atoms with Crippen molar-refractivity contribution < 1.29 is 4.74 Å². The number of anilines is 1. The second-order valence-electron chi connectivity index (χ2n) is 3.92. The number of nitrogens with zero attached hydrogens (tertiary/aromatic N) is 1. The van der Waals surface area contributed by atoms with Crippen molar-refractivity contribution in [3.8, 4) is 0 Å². The summed E-state index contributed by atoms with van der Waals surface area (Å²) in [6, 6.07) is 4.17. The number of nitrogens with one attached hydrogen (secondary N) is 1. The van der Waals surface area contributed by atoms with Crippen molar-refractivity contribution in [2.24, 2.45) is 0 Å². The maximum atomic E-state index is 5.35. The summed E-state index contributed by atoms with van der Waals surface area (Å²) in [5, 5.41) is 3.79. The number of thioether (sulfide) groups is 1. The largest absolute Gasteiger partial charge is 0.381 e. The molecule has 0 aromatic carbocycles. The zero-order valence-corrected chi connectivity index (χ0v) is 10.4. The van der Waals surface area contributed by atoms with Gasteiger partial charge in [-0.25, -0.2) is 4.98 Å². The first-order valence-electron chi connectivity index (χ1n) is 5.70. The molecule has 0 amide bonds. The Hall–Kier alpha value is -0.740. The summed E-state index contributed by atoms with van der Waals surface area (Å²) in [6.07, 6.45) is 4.33. The van der Waals surface area contributed by atoms with Gasteiger partial charge in [0.05, 0.1) is 0 Å². The van der Waals surface area contributed by atoms with Crippen LogP contribution in [0, 0.1) is 0 Å². The molecule has 2 rings (SSSR count). The summed E-state index contributed by atoms with van der Waals surface area (Å²) in [6.45, 7) is 1.85. The van der Waals surface area contributed by atoms with Crippen LogP contribution in [0.2, 0.25) is 0 Å². The van der Waals surface area contributed by atoms with Crippen LogP contribution >= 0.6 is 11.8 Å². The van der Waals surface area contributed by atoms with Crippen LogP contribution in [-0.4, -0.2) is 30.5 Å². The zero-order chi connectivity index (χ0) is 11.2. The van der Waals surface area contributed by atoms with Gasteiger partial charge in [-0.1, -0.05) is 6.07 Å². The molecule has 4 heteroatoms. The van der Waals surface area contributed by atoms with Crippen LogP contribution in [0.1, 0.15) is 18.4 Å². The molecule has 1 aromatic heterocycles. The third kappa shape index (κ3) is 3.39. The molecule has 1 fully saturated rings. The lowest BCUT2D eigenvalue weighted by molar-refractivity contribution is 0.1000. The summed E-state index contributed by atoms with van der Waals surface area (Å²) in [5.41, 5.74) is 1.30. The lowest BCUT2D eigenvalue weighted by atomic mass is 10.2. The van der Waals surface area contributed by atoms with Crippen molar-refractivity contribution >= 4 is 17.6 Å². The van der Waals surface area contributed by atoms with Crippen molar-refractivity contribution in [1.82, 2.24) is 4.98 Å². The first kappa shape index (κ1) is 11.7. The Morgan fingerprint density at radius 3 is 2.88 bits per heavy atom. The van der Waals surface area contributed by atoms with Crippen LogP contribution in [0.5, 0.6) is 0 Å². The molecule has 3 nitrogen and oxygen atoms in total. The van der Waals surface area contributed by atoms with Gasteiger partial charge in [-0.2, -0.15) is 11.8 Å². The molecular formula is C12H18N2OS. The van der Waals surface area contributed by atoms with E-state index < -0.39 is 0 Å². The minimum atomic E-state index is 0.762. The van der Waals surface area contributed by atoms with Crippen molar-refractivity contribution in [2.45, 2.75) is 23.8 Å². The Morgan fingerprint density at radius 2 is 2.25 bits per heavy atom. The lowest BCUT2D eigenvalue weighted by Crippen LogP contribution is -2.17. The summed E-state index contributed by atoms with van der Waals surface area (Å²) in [7, 11) is 1.89. The summed E-state index contributed by atoms with van der Waals surface area (Å²) >= 11 is 2.02. The molecular weight excluding hydrogens is 220 g/mol. The summed E-state index contributed by atoms with van der Waals surface area (Å²) in [4.78, 5) is 4.31. The van der Waals surface area contributed by atoms with E-state index in [1.54, 1.807) is 0 Å². The molecule has 1 aromatic rings. The number of hydrogen-bond acceptors (Lipinski definition) is 4. The highest BCUT2D eigenvalue weighted by Gasteiger charge is 2.13. The highest BCUT2D eigenvalue weighted by molar-refractivity contribution is 7.99. The fourth-order valence-corrected chi connectivity index (χ4v) is 2.84. The van der Waals surface area contributed by atoms with Gasteiger partial charge in [-0.3, -0.25) is 0 Å². The monoisotopic (exact) mass is 238 g/mol. The fourth-order valence-electron chi connectivity index (χ4n) is 1.71. The Morgan fingerprint density at radius 1 is 1.44 bits per heavy atom. The van der Waals surface area contributed by atoms with Crippen molar-refractivity contribution in [2.75, 3.05) is 25.6 Å². The van der Waals surface area contributed by atoms with E-state index in [0.29, 0.717) is 0 Å². The van der Waals surface area contributed by atoms with Crippen LogP contribution in [0.3, 0.4) is 0 Å². The van der Waals surface area contributed by atoms with E-state index >= 15 is 0 Å². The number of rotatable bonds is 4. The van der Waals surface area contributed by atoms with E-state index in [9.17, 15) is 0 Å². The molecule has 0 saturated carbocycles. The maximum absolute atomic E-state index is 5.35. The summed E-state index contributed by atoms with van der Waals surface area (Å²) < 4.78 is 5.35. The average molecular weight is 238 g/mol. The molecule has 2 heterocycles. The number of aromatic nitrogens is 1. The first-order valence-corrected chi connectivity index (χ1v) is 6.75. The molecule has 0 unspecified atom stereocenters. The van der Waals surface area contributed by atoms with E-state index in [1.807, 2.05) is 31.1 Å². The number of pyridine rings is 1. The van der Waals surface area contributed by atoms with Gasteiger partial charge < -0.3 is 10.1 Å². The molecule has 0 bridgehead atoms. The van der Waals surface area contributed by atoms with Gasteiger partial charge in [0, 0.05) is 37.5 Å². The fraction of sp³-hybridized carbons (Fsp3) is 0.583. The van der Waals surface area contributed by atoms with E-state index in [2.05, 4.69) is 16.4 Å². The third-order valence-electron chi connectivity index (χ3n) is 2.73. The molecule has 0 radical (unpaired) electrons. The number of hydrogen-bond donors (Lipinski definition) is 1. The highest BCUT2D eigenvalue weighted by Crippen LogP contribution is 2.25. The standard InChI is InChI=1S/C12H18N2OS/c1-13-12-3-2-10(8-14-12)9-16-11-4-6-15-7-5-11/h2-3,8,11H,4-7,9H2,1H3,(H,13,14). The van der Waals surface area contributed by atoms with E-state index in [0.717, 1.165) is 30.0 Å². The van der Waals surface area contributed by atoms with Gasteiger partial charge in [-0.05, 0) is 24.5 Å². The Balaban J connectivity index is 1.79. The second-order valence-corrected chi connectivity index (χ2v) is 5.21. The Kier molecular flexibility index (Phi) is 4.48. The van der Waals surface area contributed by atoms with Crippen LogP contribution in [0.25, 0.3) is 0 Å². The molecule has 1 N–H and O–H groups in total. The van der Waals surface area contributed by atoms with Crippen LogP contribution in [0.15, 0.2) is 18.3 Å². The highest BCUT2D eigenvalue weighted by atomic mass is 32.2. The van der Waals surface area contributed by atoms with Crippen molar-refractivity contribution in [3.05, 3.63) is 23.9 Å². The molecule has 0 atom stereocenters. The van der Waals surface area contributed by atoms with Crippen LogP contribution in [0.4, 0.5) is 5.82 Å². The number of ether oxygens (including phenoxy) is 1. The molecule has 0 aliphatic carbocycles. The molecule has 0 spiro atoms. The average Bonchev–Trinajstić information content (AvgIpc) is 2.38.